The minimum Gasteiger partial charge on any atom is -0.294 e. The Hall–Kier alpha value is -0.440. The third-order valence-electron chi connectivity index (χ3n) is 2.67. The largest absolute Gasteiger partial charge is 0.401 e. The highest BCUT2D eigenvalue weighted by Gasteiger charge is 2.32. The van der Waals surface area contributed by atoms with Crippen LogP contribution < -0.4 is 0 Å². The van der Waals surface area contributed by atoms with E-state index in [0.29, 0.717) is 37.2 Å². The Kier molecular flexibility index (Phi) is 4.41. The Labute approximate surface area is 111 Å². The molecule has 0 bridgehead atoms. The van der Waals surface area contributed by atoms with E-state index in [1.807, 2.05) is 0 Å². The number of alkyl halides is 3. The number of rotatable bonds is 3. The van der Waals surface area contributed by atoms with Gasteiger partial charge < -0.3 is 0 Å². The molecular weight excluding hydrogens is 289 g/mol. The van der Waals surface area contributed by atoms with E-state index in [1.54, 1.807) is 0 Å². The van der Waals surface area contributed by atoms with Crippen LogP contribution in [0.2, 0.25) is 4.47 Å². The Morgan fingerprint density at radius 3 is 2.22 bits per heavy atom. The minimum atomic E-state index is -4.12. The molecule has 0 aliphatic carbocycles. The standard InChI is InChI=1S/C9H12ClF3N4S/c10-8-15-14-7(18-8)5-16-1-3-17(4-2-16)6-9(11,12)13/h1-6H2. The minimum absolute atomic E-state index is 0.390. The van der Waals surface area contributed by atoms with E-state index in [2.05, 4.69) is 15.1 Å². The summed E-state index contributed by atoms with van der Waals surface area (Å²) in [6, 6.07) is 0. The van der Waals surface area contributed by atoms with Crippen molar-refractivity contribution in [2.45, 2.75) is 12.7 Å². The van der Waals surface area contributed by atoms with Crippen LogP contribution in [0.4, 0.5) is 13.2 Å². The molecule has 9 heteroatoms. The molecule has 4 nitrogen and oxygen atoms in total. The number of hydrogen-bond acceptors (Lipinski definition) is 5. The second kappa shape index (κ2) is 5.68. The van der Waals surface area contributed by atoms with Gasteiger partial charge >= 0.3 is 6.18 Å². The molecule has 1 aliphatic rings. The zero-order valence-electron chi connectivity index (χ0n) is 9.45. The van der Waals surface area contributed by atoms with Crippen LogP contribution in [0.15, 0.2) is 0 Å². The summed E-state index contributed by atoms with van der Waals surface area (Å²) in [6.45, 7) is 1.83. The SMILES string of the molecule is FC(F)(F)CN1CCN(Cc2nnc(Cl)s2)CC1. The van der Waals surface area contributed by atoms with Crippen LogP contribution in [-0.2, 0) is 6.54 Å². The number of aromatic nitrogens is 2. The van der Waals surface area contributed by atoms with Gasteiger partial charge in [-0.1, -0.05) is 11.3 Å². The van der Waals surface area contributed by atoms with Crippen LogP contribution in [0.25, 0.3) is 0 Å². The number of nitrogens with zero attached hydrogens (tertiary/aromatic N) is 4. The molecule has 0 aromatic carbocycles. The molecule has 1 saturated heterocycles. The van der Waals surface area contributed by atoms with E-state index in [1.165, 1.54) is 16.2 Å². The van der Waals surface area contributed by atoms with E-state index in [4.69, 9.17) is 11.6 Å². The Balaban J connectivity index is 1.77. The molecule has 0 amide bonds. The summed E-state index contributed by atoms with van der Waals surface area (Å²) >= 11 is 6.97. The second-order valence-electron chi connectivity index (χ2n) is 4.12. The lowest BCUT2D eigenvalue weighted by Gasteiger charge is -2.34. The summed E-state index contributed by atoms with van der Waals surface area (Å²) in [5.74, 6) is 0. The molecule has 0 radical (unpaired) electrons. The average Bonchev–Trinajstić information content (AvgIpc) is 2.65. The van der Waals surface area contributed by atoms with Crippen LogP contribution in [0, 0.1) is 0 Å². The first-order valence-electron chi connectivity index (χ1n) is 5.42. The highest BCUT2D eigenvalue weighted by atomic mass is 35.5. The van der Waals surface area contributed by atoms with Crippen LogP contribution in [-0.4, -0.2) is 58.9 Å². The molecule has 1 aromatic heterocycles. The fourth-order valence-corrected chi connectivity index (χ4v) is 2.76. The van der Waals surface area contributed by atoms with E-state index in [0.717, 1.165) is 5.01 Å². The smallest absolute Gasteiger partial charge is 0.294 e. The number of hydrogen-bond donors (Lipinski definition) is 0. The fraction of sp³-hybridized carbons (Fsp3) is 0.778. The van der Waals surface area contributed by atoms with Crippen LogP contribution in [0.5, 0.6) is 0 Å². The molecule has 1 aliphatic heterocycles. The molecule has 0 N–H and O–H groups in total. The summed E-state index contributed by atoms with van der Waals surface area (Å²) in [4.78, 5) is 3.48. The van der Waals surface area contributed by atoms with E-state index in [9.17, 15) is 13.2 Å². The lowest BCUT2D eigenvalue weighted by atomic mass is 10.3. The van der Waals surface area contributed by atoms with Gasteiger partial charge in [-0.3, -0.25) is 9.80 Å². The van der Waals surface area contributed by atoms with Crippen LogP contribution in [0.3, 0.4) is 0 Å². The second-order valence-corrected chi connectivity index (χ2v) is 5.76. The summed E-state index contributed by atoms with van der Waals surface area (Å²) in [7, 11) is 0. The monoisotopic (exact) mass is 300 g/mol. The van der Waals surface area contributed by atoms with Crippen molar-refractivity contribution >= 4 is 22.9 Å². The number of halogens is 4. The third-order valence-corrected chi connectivity index (χ3v) is 3.67. The van der Waals surface area contributed by atoms with Gasteiger partial charge in [-0.05, 0) is 11.6 Å². The van der Waals surface area contributed by atoms with Crippen molar-refractivity contribution < 1.29 is 13.2 Å². The molecule has 102 valence electrons. The van der Waals surface area contributed by atoms with Gasteiger partial charge in [0.25, 0.3) is 0 Å². The maximum absolute atomic E-state index is 12.2. The topological polar surface area (TPSA) is 32.3 Å². The molecule has 18 heavy (non-hydrogen) atoms. The molecule has 2 rings (SSSR count). The Morgan fingerprint density at radius 2 is 1.72 bits per heavy atom. The maximum atomic E-state index is 12.2. The highest BCUT2D eigenvalue weighted by Crippen LogP contribution is 2.19. The molecule has 0 saturated carbocycles. The summed E-state index contributed by atoms with van der Waals surface area (Å²) in [5.41, 5.74) is 0. The summed E-state index contributed by atoms with van der Waals surface area (Å²) < 4.78 is 37.0. The van der Waals surface area contributed by atoms with Gasteiger partial charge in [0.2, 0.25) is 4.47 Å². The van der Waals surface area contributed by atoms with Crippen molar-refractivity contribution in [1.29, 1.82) is 0 Å². The quantitative estimate of drug-likeness (QED) is 0.853. The molecule has 0 unspecified atom stereocenters. The zero-order valence-corrected chi connectivity index (χ0v) is 11.0. The molecule has 0 spiro atoms. The van der Waals surface area contributed by atoms with Crippen molar-refractivity contribution in [1.82, 2.24) is 20.0 Å². The third kappa shape index (κ3) is 4.34. The van der Waals surface area contributed by atoms with E-state index in [-0.39, 0.29) is 0 Å². The van der Waals surface area contributed by atoms with Crippen molar-refractivity contribution in [3.63, 3.8) is 0 Å². The first-order chi connectivity index (χ1) is 8.42. The predicted molar refractivity (Wildman–Crippen MR) is 62.7 cm³/mol. The predicted octanol–water partition coefficient (Wildman–Crippen LogP) is 1.87. The average molecular weight is 301 g/mol. The highest BCUT2D eigenvalue weighted by molar-refractivity contribution is 7.15. The fourth-order valence-electron chi connectivity index (χ4n) is 1.85. The first-order valence-corrected chi connectivity index (χ1v) is 6.61. The molecule has 0 atom stereocenters. The van der Waals surface area contributed by atoms with Gasteiger partial charge in [-0.15, -0.1) is 10.2 Å². The van der Waals surface area contributed by atoms with E-state index < -0.39 is 12.7 Å². The summed E-state index contributed by atoms with van der Waals surface area (Å²) in [5, 5.41) is 8.38. The van der Waals surface area contributed by atoms with Gasteiger partial charge in [0.15, 0.2) is 0 Å². The van der Waals surface area contributed by atoms with E-state index >= 15 is 0 Å². The first kappa shape index (κ1) is 14.0. The van der Waals surface area contributed by atoms with Crippen LogP contribution >= 0.6 is 22.9 Å². The van der Waals surface area contributed by atoms with Crippen molar-refractivity contribution in [3.8, 4) is 0 Å². The molecule has 1 fully saturated rings. The molecular formula is C9H12ClF3N4S. The molecule has 2 heterocycles. The van der Waals surface area contributed by atoms with Crippen LogP contribution in [0.1, 0.15) is 5.01 Å². The lowest BCUT2D eigenvalue weighted by Crippen LogP contribution is -2.48. The van der Waals surface area contributed by atoms with Crippen molar-refractivity contribution in [2.24, 2.45) is 0 Å². The van der Waals surface area contributed by atoms with Crippen molar-refractivity contribution in [3.05, 3.63) is 9.47 Å². The molecule has 1 aromatic rings. The van der Waals surface area contributed by atoms with Gasteiger partial charge in [0.05, 0.1) is 13.1 Å². The Bertz CT molecular complexity index is 389. The van der Waals surface area contributed by atoms with Gasteiger partial charge in [0, 0.05) is 26.2 Å². The Morgan fingerprint density at radius 1 is 1.11 bits per heavy atom. The normalized spacial score (nSPS) is 19.3. The van der Waals surface area contributed by atoms with Crippen molar-refractivity contribution in [2.75, 3.05) is 32.7 Å². The van der Waals surface area contributed by atoms with Gasteiger partial charge in [0.1, 0.15) is 5.01 Å². The lowest BCUT2D eigenvalue weighted by molar-refractivity contribution is -0.149. The maximum Gasteiger partial charge on any atom is 0.401 e. The van der Waals surface area contributed by atoms with Gasteiger partial charge in [-0.2, -0.15) is 13.2 Å². The summed E-state index contributed by atoms with van der Waals surface area (Å²) in [6.07, 6.45) is -4.12. The number of piperazine rings is 1. The zero-order chi connectivity index (χ0) is 13.2. The van der Waals surface area contributed by atoms with Gasteiger partial charge in [-0.25, -0.2) is 0 Å².